The summed E-state index contributed by atoms with van der Waals surface area (Å²) in [5, 5.41) is 27.3. The average molecular weight is 276 g/mol. The molecule has 0 amide bonds. The van der Waals surface area contributed by atoms with Gasteiger partial charge in [0.15, 0.2) is 0 Å². The molecule has 1 atom stereocenters. The standard InChI is InChI=1S/C10H15NO6P/c1-16-18(15,17-2)10(12,8-11(13)14)9-6-4-3-5-7-9/h3-7,12-13H,8H2,1-2H3/q-1/t10-/m0/s1. The van der Waals surface area contributed by atoms with Crippen molar-refractivity contribution in [2.24, 2.45) is 0 Å². The second kappa shape index (κ2) is 5.90. The van der Waals surface area contributed by atoms with Gasteiger partial charge in [-0.15, -0.1) is 0 Å². The Hall–Kier alpha value is -0.790. The Labute approximate surface area is 105 Å². The molecule has 0 fully saturated rings. The molecule has 0 radical (unpaired) electrons. The smallest absolute Gasteiger partial charge is 0.367 e. The maximum absolute atomic E-state index is 12.3. The second-order valence-electron chi connectivity index (χ2n) is 3.56. The SMILES string of the molecule is COP(=O)(OC)[C@@](O)(CN([O-])O)c1ccccc1. The van der Waals surface area contributed by atoms with E-state index in [9.17, 15) is 14.9 Å². The van der Waals surface area contributed by atoms with Gasteiger partial charge in [-0.1, -0.05) is 30.3 Å². The van der Waals surface area contributed by atoms with E-state index in [4.69, 9.17) is 14.3 Å². The summed E-state index contributed by atoms with van der Waals surface area (Å²) in [7, 11) is -1.85. The van der Waals surface area contributed by atoms with Crippen molar-refractivity contribution in [3.05, 3.63) is 41.1 Å². The van der Waals surface area contributed by atoms with E-state index >= 15 is 0 Å². The minimum atomic E-state index is -4.03. The molecule has 0 unspecified atom stereocenters. The second-order valence-corrected chi connectivity index (χ2v) is 6.02. The Kier molecular flexibility index (Phi) is 5.01. The molecule has 102 valence electrons. The average Bonchev–Trinajstić information content (AvgIpc) is 2.37. The molecular weight excluding hydrogens is 261 g/mol. The zero-order valence-electron chi connectivity index (χ0n) is 10.0. The summed E-state index contributed by atoms with van der Waals surface area (Å²) >= 11 is 0. The van der Waals surface area contributed by atoms with Crippen LogP contribution in [0.15, 0.2) is 30.3 Å². The van der Waals surface area contributed by atoms with Crippen LogP contribution in [0.3, 0.4) is 0 Å². The molecule has 0 spiro atoms. The minimum absolute atomic E-state index is 0.145. The third-order valence-corrected chi connectivity index (χ3v) is 4.79. The van der Waals surface area contributed by atoms with Crippen LogP contribution in [0.4, 0.5) is 0 Å². The maximum Gasteiger partial charge on any atom is 0.367 e. The monoisotopic (exact) mass is 276 g/mol. The van der Waals surface area contributed by atoms with Gasteiger partial charge in [0, 0.05) is 14.2 Å². The van der Waals surface area contributed by atoms with Gasteiger partial charge < -0.3 is 24.6 Å². The molecule has 0 saturated heterocycles. The lowest BCUT2D eigenvalue weighted by atomic mass is 10.1. The first-order valence-corrected chi connectivity index (χ1v) is 6.57. The first kappa shape index (κ1) is 15.3. The van der Waals surface area contributed by atoms with Crippen LogP contribution in [0.25, 0.3) is 0 Å². The Morgan fingerprint density at radius 2 is 1.83 bits per heavy atom. The summed E-state index contributed by atoms with van der Waals surface area (Å²) in [6.45, 7) is -0.865. The fourth-order valence-electron chi connectivity index (χ4n) is 1.61. The molecule has 0 aliphatic heterocycles. The lowest BCUT2D eigenvalue weighted by Crippen LogP contribution is -2.38. The van der Waals surface area contributed by atoms with Crippen LogP contribution in [0, 0.1) is 5.21 Å². The molecule has 8 heteroatoms. The molecule has 0 aliphatic carbocycles. The van der Waals surface area contributed by atoms with Crippen molar-refractivity contribution in [2.75, 3.05) is 20.8 Å². The topological polar surface area (TPSA) is 102 Å². The summed E-state index contributed by atoms with van der Waals surface area (Å²) in [6, 6.07) is 7.76. The quantitative estimate of drug-likeness (QED) is 0.599. The Balaban J connectivity index is 3.31. The fourth-order valence-corrected chi connectivity index (χ4v) is 3.12. The first-order valence-electron chi connectivity index (χ1n) is 5.02. The molecule has 0 aliphatic rings. The molecule has 1 rings (SSSR count). The van der Waals surface area contributed by atoms with Crippen molar-refractivity contribution in [3.8, 4) is 0 Å². The van der Waals surface area contributed by atoms with Gasteiger partial charge in [0.05, 0.1) is 6.54 Å². The molecule has 0 bridgehead atoms. The minimum Gasteiger partial charge on any atom is -0.762 e. The highest BCUT2D eigenvalue weighted by atomic mass is 31.2. The van der Waals surface area contributed by atoms with Crippen molar-refractivity contribution in [2.45, 2.75) is 5.34 Å². The molecule has 1 aromatic carbocycles. The van der Waals surface area contributed by atoms with Crippen molar-refractivity contribution < 1.29 is 23.9 Å². The third-order valence-electron chi connectivity index (χ3n) is 2.53. The highest BCUT2D eigenvalue weighted by Gasteiger charge is 2.50. The van der Waals surface area contributed by atoms with E-state index in [-0.39, 0.29) is 5.56 Å². The number of hydrogen-bond acceptors (Lipinski definition) is 7. The summed E-state index contributed by atoms with van der Waals surface area (Å²) < 4.78 is 21.8. The highest BCUT2D eigenvalue weighted by Crippen LogP contribution is 2.62. The summed E-state index contributed by atoms with van der Waals surface area (Å²) in [6.07, 6.45) is 0. The Morgan fingerprint density at radius 1 is 1.33 bits per heavy atom. The van der Waals surface area contributed by atoms with Crippen molar-refractivity contribution in [3.63, 3.8) is 0 Å². The van der Waals surface area contributed by atoms with Gasteiger partial charge in [-0.2, -0.15) is 0 Å². The van der Waals surface area contributed by atoms with Gasteiger partial charge in [-0.05, 0) is 5.56 Å². The number of hydrogen-bond donors (Lipinski definition) is 2. The number of hydroxylamine groups is 2. The Morgan fingerprint density at radius 3 is 2.22 bits per heavy atom. The van der Waals surface area contributed by atoms with E-state index in [2.05, 4.69) is 0 Å². The van der Waals surface area contributed by atoms with Crippen molar-refractivity contribution >= 4 is 7.60 Å². The van der Waals surface area contributed by atoms with Gasteiger partial charge in [-0.3, -0.25) is 9.79 Å². The van der Waals surface area contributed by atoms with Crippen LogP contribution >= 0.6 is 7.60 Å². The van der Waals surface area contributed by atoms with Gasteiger partial charge in [0.25, 0.3) is 0 Å². The predicted molar refractivity (Wildman–Crippen MR) is 63.8 cm³/mol. The van der Waals surface area contributed by atoms with Crippen LogP contribution in [0.5, 0.6) is 0 Å². The summed E-state index contributed by atoms with van der Waals surface area (Å²) in [5.74, 6) is 0. The molecule has 2 N–H and O–H groups in total. The molecule has 18 heavy (non-hydrogen) atoms. The van der Waals surface area contributed by atoms with E-state index in [1.54, 1.807) is 18.2 Å². The van der Waals surface area contributed by atoms with Gasteiger partial charge >= 0.3 is 7.60 Å². The van der Waals surface area contributed by atoms with E-state index in [0.29, 0.717) is 0 Å². The number of aliphatic hydroxyl groups is 1. The summed E-state index contributed by atoms with van der Waals surface area (Å²) in [4.78, 5) is 0. The van der Waals surface area contributed by atoms with E-state index < -0.39 is 24.7 Å². The van der Waals surface area contributed by atoms with Gasteiger partial charge in [0.2, 0.25) is 5.34 Å². The van der Waals surface area contributed by atoms with Gasteiger partial charge in [0.1, 0.15) is 0 Å². The van der Waals surface area contributed by atoms with E-state index in [1.165, 1.54) is 12.1 Å². The number of benzene rings is 1. The Bertz CT molecular complexity index is 418. The molecule has 0 aromatic heterocycles. The number of rotatable bonds is 6. The zero-order chi connectivity index (χ0) is 13.8. The molecule has 1 aromatic rings. The molecular formula is C10H15NO6P-. The maximum atomic E-state index is 12.3. The first-order chi connectivity index (χ1) is 8.39. The van der Waals surface area contributed by atoms with Crippen molar-refractivity contribution in [1.29, 1.82) is 0 Å². The summed E-state index contributed by atoms with van der Waals surface area (Å²) in [5.41, 5.74) is 0.145. The normalized spacial score (nSPS) is 15.7. The van der Waals surface area contributed by atoms with Gasteiger partial charge in [-0.25, -0.2) is 0 Å². The molecule has 0 heterocycles. The van der Waals surface area contributed by atoms with Crippen LogP contribution in [-0.2, 0) is 19.0 Å². The number of nitrogens with zero attached hydrogens (tertiary/aromatic N) is 1. The third kappa shape index (κ3) is 2.78. The largest absolute Gasteiger partial charge is 0.762 e. The molecule has 0 saturated carbocycles. The van der Waals surface area contributed by atoms with E-state index in [1.807, 2.05) is 0 Å². The lowest BCUT2D eigenvalue weighted by molar-refractivity contribution is -0.0879. The van der Waals surface area contributed by atoms with Crippen LogP contribution in [0.1, 0.15) is 5.56 Å². The fraction of sp³-hybridized carbons (Fsp3) is 0.400. The zero-order valence-corrected chi connectivity index (χ0v) is 10.9. The molecule has 7 nitrogen and oxygen atoms in total. The van der Waals surface area contributed by atoms with Crippen LogP contribution < -0.4 is 0 Å². The van der Waals surface area contributed by atoms with Crippen LogP contribution in [0.2, 0.25) is 0 Å². The van der Waals surface area contributed by atoms with E-state index in [0.717, 1.165) is 14.2 Å². The lowest BCUT2D eigenvalue weighted by Gasteiger charge is -2.37. The van der Waals surface area contributed by atoms with Crippen LogP contribution in [-0.4, -0.2) is 36.3 Å². The predicted octanol–water partition coefficient (Wildman–Crippen LogP) is 1.51. The highest BCUT2D eigenvalue weighted by molar-refractivity contribution is 7.54. The van der Waals surface area contributed by atoms with Crippen molar-refractivity contribution in [1.82, 2.24) is 5.23 Å².